The number of nitrogens with one attached hydrogen (secondary N) is 1. The first-order valence-corrected chi connectivity index (χ1v) is 8.01. The third-order valence-corrected chi connectivity index (χ3v) is 4.46. The Bertz CT molecular complexity index is 804. The molecule has 2 aromatic carbocycles. The molecule has 25 heavy (non-hydrogen) atoms. The van der Waals surface area contributed by atoms with E-state index in [1.165, 1.54) is 12.1 Å². The van der Waals surface area contributed by atoms with Crippen LogP contribution in [0.25, 0.3) is 0 Å². The Morgan fingerprint density at radius 2 is 1.76 bits per heavy atom. The molecule has 0 amide bonds. The summed E-state index contributed by atoms with van der Waals surface area (Å²) in [6, 6.07) is 7.16. The molecule has 0 radical (unpaired) electrons. The fourth-order valence-electron chi connectivity index (χ4n) is 3.13. The zero-order chi connectivity index (χ0) is 18.0. The molecule has 0 spiro atoms. The van der Waals surface area contributed by atoms with Gasteiger partial charge in [0.25, 0.3) is 0 Å². The van der Waals surface area contributed by atoms with Crippen LogP contribution in [0.1, 0.15) is 24.3 Å². The first-order chi connectivity index (χ1) is 11.9. The Kier molecular flexibility index (Phi) is 5.08. The Labute approximate surface area is 143 Å². The number of halogens is 4. The molecule has 0 unspecified atom stereocenters. The number of hydrogen-bond acceptors (Lipinski definition) is 2. The largest absolute Gasteiger partial charge is 0.381 e. The maximum absolute atomic E-state index is 14.0. The first kappa shape index (κ1) is 17.5. The van der Waals surface area contributed by atoms with E-state index < -0.39 is 29.4 Å². The van der Waals surface area contributed by atoms with Crippen LogP contribution in [0.15, 0.2) is 48.0 Å². The molecule has 3 rings (SSSR count). The summed E-state index contributed by atoms with van der Waals surface area (Å²) < 4.78 is 53.6. The molecule has 0 saturated heterocycles. The summed E-state index contributed by atoms with van der Waals surface area (Å²) in [5.41, 5.74) is 7.90. The maximum Gasteiger partial charge on any atom is 0.161 e. The van der Waals surface area contributed by atoms with Gasteiger partial charge in [0.1, 0.15) is 11.6 Å². The molecule has 0 bridgehead atoms. The summed E-state index contributed by atoms with van der Waals surface area (Å²) in [4.78, 5) is 0. The lowest BCUT2D eigenvalue weighted by Crippen LogP contribution is -2.33. The summed E-state index contributed by atoms with van der Waals surface area (Å²) >= 11 is 0. The van der Waals surface area contributed by atoms with Crippen molar-refractivity contribution in [2.45, 2.75) is 24.8 Å². The van der Waals surface area contributed by atoms with E-state index in [4.69, 9.17) is 5.73 Å². The third-order valence-electron chi connectivity index (χ3n) is 4.46. The van der Waals surface area contributed by atoms with Crippen molar-refractivity contribution in [3.63, 3.8) is 0 Å². The van der Waals surface area contributed by atoms with Crippen molar-refractivity contribution in [1.82, 2.24) is 0 Å². The van der Waals surface area contributed by atoms with Gasteiger partial charge in [0.05, 0.1) is 0 Å². The molecule has 0 aliphatic heterocycles. The number of benzene rings is 2. The van der Waals surface area contributed by atoms with Gasteiger partial charge < -0.3 is 11.1 Å². The molecule has 2 atom stereocenters. The van der Waals surface area contributed by atoms with E-state index in [1.807, 2.05) is 6.08 Å². The van der Waals surface area contributed by atoms with Crippen LogP contribution in [0.2, 0.25) is 0 Å². The highest BCUT2D eigenvalue weighted by Crippen LogP contribution is 2.33. The summed E-state index contributed by atoms with van der Waals surface area (Å²) in [6.45, 7) is 0.490. The van der Waals surface area contributed by atoms with Crippen LogP contribution in [0, 0.1) is 23.3 Å². The number of hydrogen-bond donors (Lipinski definition) is 2. The summed E-state index contributed by atoms with van der Waals surface area (Å²) in [6.07, 6.45) is 2.84. The van der Waals surface area contributed by atoms with Gasteiger partial charge in [0.2, 0.25) is 0 Å². The number of allylic oxidation sites excluding steroid dienone is 1. The van der Waals surface area contributed by atoms with Crippen LogP contribution in [0.5, 0.6) is 0 Å². The molecule has 132 valence electrons. The first-order valence-electron chi connectivity index (χ1n) is 8.01. The van der Waals surface area contributed by atoms with Gasteiger partial charge in [-0.05, 0) is 42.7 Å². The average molecular weight is 350 g/mol. The molecule has 3 N–H and O–H groups in total. The summed E-state index contributed by atoms with van der Waals surface area (Å²) in [5.74, 6) is -3.80. The minimum absolute atomic E-state index is 0.0970. The minimum Gasteiger partial charge on any atom is -0.381 e. The molecule has 1 aliphatic rings. The predicted molar refractivity (Wildman–Crippen MR) is 89.2 cm³/mol. The lowest BCUT2D eigenvalue weighted by Gasteiger charge is -2.29. The van der Waals surface area contributed by atoms with Crippen LogP contribution in [-0.4, -0.2) is 12.6 Å². The zero-order valence-corrected chi connectivity index (χ0v) is 13.4. The smallest absolute Gasteiger partial charge is 0.161 e. The molecule has 2 aromatic rings. The van der Waals surface area contributed by atoms with Crippen molar-refractivity contribution < 1.29 is 17.6 Å². The van der Waals surface area contributed by atoms with Crippen molar-refractivity contribution in [2.24, 2.45) is 5.73 Å². The van der Waals surface area contributed by atoms with Crippen molar-refractivity contribution >= 4 is 5.69 Å². The highest BCUT2D eigenvalue weighted by atomic mass is 19.2. The molecule has 0 saturated carbocycles. The van der Waals surface area contributed by atoms with Gasteiger partial charge in [-0.3, -0.25) is 0 Å². The summed E-state index contributed by atoms with van der Waals surface area (Å²) in [7, 11) is 0. The van der Waals surface area contributed by atoms with Crippen LogP contribution in [0.4, 0.5) is 23.2 Å². The SMILES string of the molecule is N[C@@H]1CC(CNc2cccc(F)c2)=CC[C@H]1c1cc(F)c(F)cc1F. The second-order valence-electron chi connectivity index (χ2n) is 6.22. The van der Waals surface area contributed by atoms with Crippen LogP contribution in [-0.2, 0) is 0 Å². The van der Waals surface area contributed by atoms with Gasteiger partial charge in [-0.25, -0.2) is 17.6 Å². The Morgan fingerprint density at radius 1 is 1.00 bits per heavy atom. The lowest BCUT2D eigenvalue weighted by molar-refractivity contribution is 0.455. The fraction of sp³-hybridized carbons (Fsp3) is 0.263. The molecule has 2 nitrogen and oxygen atoms in total. The molecular formula is C19H18F4N2. The second-order valence-corrected chi connectivity index (χ2v) is 6.22. The normalized spacial score (nSPS) is 20.3. The van der Waals surface area contributed by atoms with E-state index in [0.717, 1.165) is 11.6 Å². The van der Waals surface area contributed by atoms with Crippen molar-refractivity contribution in [1.29, 1.82) is 0 Å². The topological polar surface area (TPSA) is 38.0 Å². The van der Waals surface area contributed by atoms with Crippen molar-refractivity contribution in [2.75, 3.05) is 11.9 Å². The molecular weight excluding hydrogens is 332 g/mol. The standard InChI is InChI=1S/C19H18F4N2/c20-12-2-1-3-13(7-12)25-10-11-4-5-14(19(24)6-11)15-8-17(22)18(23)9-16(15)21/h1-4,7-9,14,19,25H,5-6,10,24H2/t14-,19+/m0/s1. The second kappa shape index (κ2) is 7.27. The van der Waals surface area contributed by atoms with Crippen LogP contribution < -0.4 is 11.1 Å². The number of rotatable bonds is 4. The van der Waals surface area contributed by atoms with Crippen molar-refractivity contribution in [3.05, 3.63) is 76.9 Å². The number of anilines is 1. The Morgan fingerprint density at radius 3 is 2.48 bits per heavy atom. The summed E-state index contributed by atoms with van der Waals surface area (Å²) in [5, 5.41) is 3.11. The predicted octanol–water partition coefficient (Wildman–Crippen LogP) is 4.49. The van der Waals surface area contributed by atoms with Gasteiger partial charge >= 0.3 is 0 Å². The van der Waals surface area contributed by atoms with E-state index >= 15 is 0 Å². The molecule has 0 aromatic heterocycles. The third kappa shape index (κ3) is 4.02. The maximum atomic E-state index is 14.0. The van der Waals surface area contributed by atoms with Crippen LogP contribution in [0.3, 0.4) is 0 Å². The van der Waals surface area contributed by atoms with Gasteiger partial charge in [0.15, 0.2) is 11.6 Å². The Balaban J connectivity index is 1.69. The van der Waals surface area contributed by atoms with E-state index in [2.05, 4.69) is 5.32 Å². The van der Waals surface area contributed by atoms with Gasteiger partial charge in [0, 0.05) is 30.3 Å². The molecule has 0 fully saturated rings. The van der Waals surface area contributed by atoms with Gasteiger partial charge in [-0.15, -0.1) is 0 Å². The van der Waals surface area contributed by atoms with E-state index in [0.29, 0.717) is 31.1 Å². The average Bonchev–Trinajstić information content (AvgIpc) is 2.57. The molecule has 6 heteroatoms. The lowest BCUT2D eigenvalue weighted by atomic mass is 9.80. The zero-order valence-electron chi connectivity index (χ0n) is 13.4. The van der Waals surface area contributed by atoms with Crippen molar-refractivity contribution in [3.8, 4) is 0 Å². The minimum atomic E-state index is -1.21. The van der Waals surface area contributed by atoms with Crippen LogP contribution >= 0.6 is 0 Å². The van der Waals surface area contributed by atoms with E-state index in [1.54, 1.807) is 12.1 Å². The Hall–Kier alpha value is -2.34. The van der Waals surface area contributed by atoms with E-state index in [9.17, 15) is 17.6 Å². The molecule has 1 aliphatic carbocycles. The number of nitrogens with two attached hydrogens (primary N) is 1. The van der Waals surface area contributed by atoms with E-state index in [-0.39, 0.29) is 11.4 Å². The fourth-order valence-corrected chi connectivity index (χ4v) is 3.13. The highest BCUT2D eigenvalue weighted by molar-refractivity contribution is 5.44. The monoisotopic (exact) mass is 350 g/mol. The highest BCUT2D eigenvalue weighted by Gasteiger charge is 2.27. The molecule has 0 heterocycles. The quantitative estimate of drug-likeness (QED) is 0.484. The van der Waals surface area contributed by atoms with Gasteiger partial charge in [-0.2, -0.15) is 0 Å². The van der Waals surface area contributed by atoms with Gasteiger partial charge in [-0.1, -0.05) is 17.7 Å².